The molecular weight excluding hydrogens is 320 g/mol. The van der Waals surface area contributed by atoms with E-state index in [1.54, 1.807) is 17.1 Å². The predicted molar refractivity (Wildman–Crippen MR) is 94.3 cm³/mol. The van der Waals surface area contributed by atoms with Crippen molar-refractivity contribution < 1.29 is 17.1 Å². The Morgan fingerprint density at radius 1 is 0.650 bits per heavy atom. The van der Waals surface area contributed by atoms with Crippen LogP contribution in [0.5, 0.6) is 0 Å². The molecular formula is C12H28O4Si4. The zero-order valence-corrected chi connectivity index (χ0v) is 17.5. The molecule has 0 heterocycles. The number of hydrogen-bond donors (Lipinski definition) is 1. The molecule has 0 aromatic heterocycles. The summed E-state index contributed by atoms with van der Waals surface area (Å²) in [5.41, 5.74) is 5.26. The van der Waals surface area contributed by atoms with Gasteiger partial charge in [-0.25, -0.2) is 0 Å². The fourth-order valence-corrected chi connectivity index (χ4v) is 11.8. The molecule has 0 rings (SSSR count). The van der Waals surface area contributed by atoms with Gasteiger partial charge in [-0.2, -0.15) is 0 Å². The molecule has 0 aromatic carbocycles. The van der Waals surface area contributed by atoms with E-state index in [1.165, 1.54) is 0 Å². The van der Waals surface area contributed by atoms with Crippen molar-refractivity contribution >= 4 is 34.0 Å². The highest BCUT2D eigenvalue weighted by atomic mass is 28.5. The lowest BCUT2D eigenvalue weighted by molar-refractivity contribution is 0.144. The minimum atomic E-state index is -3.75. The summed E-state index contributed by atoms with van der Waals surface area (Å²) in [6, 6.07) is 0. The summed E-state index contributed by atoms with van der Waals surface area (Å²) in [5, 5.41) is 0. The molecule has 0 unspecified atom stereocenters. The van der Waals surface area contributed by atoms with Gasteiger partial charge in [-0.3, -0.25) is 0 Å². The summed E-state index contributed by atoms with van der Waals surface area (Å²) in [6.45, 7) is 22.9. The highest BCUT2D eigenvalue weighted by Crippen LogP contribution is 2.24. The first-order valence-electron chi connectivity index (χ1n) is 6.54. The topological polar surface area (TPSA) is 47.9 Å². The van der Waals surface area contributed by atoms with Gasteiger partial charge in [0.05, 0.1) is 0 Å². The Kier molecular flexibility index (Phi) is 6.77. The Morgan fingerprint density at radius 2 is 0.850 bits per heavy atom. The van der Waals surface area contributed by atoms with Crippen LogP contribution in [-0.4, -0.2) is 38.8 Å². The molecule has 0 saturated heterocycles. The highest BCUT2D eigenvalue weighted by Gasteiger charge is 2.51. The van der Waals surface area contributed by atoms with Crippen molar-refractivity contribution in [3.63, 3.8) is 0 Å². The van der Waals surface area contributed by atoms with Crippen molar-refractivity contribution in [2.75, 3.05) is 0 Å². The summed E-state index contributed by atoms with van der Waals surface area (Å²) < 4.78 is 17.7. The molecule has 0 aliphatic rings. The zero-order chi connectivity index (χ0) is 16.2. The van der Waals surface area contributed by atoms with Gasteiger partial charge >= 0.3 is 9.05 Å². The maximum absolute atomic E-state index is 10.8. The van der Waals surface area contributed by atoms with E-state index < -0.39 is 34.0 Å². The third-order valence-electron chi connectivity index (χ3n) is 2.65. The van der Waals surface area contributed by atoms with E-state index in [0.29, 0.717) is 0 Å². The van der Waals surface area contributed by atoms with E-state index in [0.717, 1.165) is 0 Å². The highest BCUT2D eigenvalue weighted by molar-refractivity contribution is 6.91. The van der Waals surface area contributed by atoms with Crippen LogP contribution in [0, 0.1) is 0 Å². The predicted octanol–water partition coefficient (Wildman–Crippen LogP) is 3.26. The summed E-state index contributed by atoms with van der Waals surface area (Å²) in [6.07, 6.45) is 0. The van der Waals surface area contributed by atoms with Gasteiger partial charge in [-0.1, -0.05) is 17.1 Å². The zero-order valence-electron chi connectivity index (χ0n) is 13.5. The molecule has 0 aromatic rings. The van der Waals surface area contributed by atoms with E-state index in [1.807, 2.05) is 39.3 Å². The van der Waals surface area contributed by atoms with Crippen LogP contribution in [0.3, 0.4) is 0 Å². The molecule has 4 nitrogen and oxygen atoms in total. The lowest BCUT2D eigenvalue weighted by Crippen LogP contribution is -2.61. The molecule has 0 aliphatic heterocycles. The average molecular weight is 349 g/mol. The molecule has 116 valence electrons. The summed E-state index contributed by atoms with van der Waals surface area (Å²) in [5.74, 6) is 0. The smallest absolute Gasteiger partial charge is 0.391 e. The van der Waals surface area contributed by atoms with E-state index in [4.69, 9.17) is 12.3 Å². The van der Waals surface area contributed by atoms with Crippen molar-refractivity contribution in [3.8, 4) is 0 Å². The fourth-order valence-electron chi connectivity index (χ4n) is 1.18. The molecule has 0 atom stereocenters. The molecule has 0 spiro atoms. The number of hydrogen-bond acceptors (Lipinski definition) is 4. The van der Waals surface area contributed by atoms with Crippen molar-refractivity contribution in [2.45, 2.75) is 39.3 Å². The second-order valence-electron chi connectivity index (χ2n) is 6.25. The summed E-state index contributed by atoms with van der Waals surface area (Å²) in [4.78, 5) is 10.8. The van der Waals surface area contributed by atoms with Crippen LogP contribution in [0.2, 0.25) is 39.3 Å². The summed E-state index contributed by atoms with van der Waals surface area (Å²) >= 11 is 0. The van der Waals surface area contributed by atoms with Crippen LogP contribution in [0.15, 0.2) is 36.8 Å². The van der Waals surface area contributed by atoms with Crippen molar-refractivity contribution in [2.24, 2.45) is 0 Å². The fraction of sp³-hybridized carbons (Fsp3) is 0.500. The molecule has 20 heavy (non-hydrogen) atoms. The molecule has 0 radical (unpaired) electrons. The SMILES string of the molecule is C=C[Si](C)(C)O[Si](O)(O[Si](C)(C)C=C)O[Si](C)(C)C=C. The van der Waals surface area contributed by atoms with E-state index in [2.05, 4.69) is 19.7 Å². The van der Waals surface area contributed by atoms with Crippen LogP contribution < -0.4 is 0 Å². The van der Waals surface area contributed by atoms with Gasteiger partial charge in [-0.05, 0) is 39.3 Å². The normalized spacial score (nSPS) is 13.9. The van der Waals surface area contributed by atoms with E-state index in [9.17, 15) is 4.80 Å². The molecule has 0 amide bonds. The maximum Gasteiger partial charge on any atom is 0.645 e. The minimum absolute atomic E-state index is 1.75. The maximum atomic E-state index is 10.8. The van der Waals surface area contributed by atoms with E-state index >= 15 is 0 Å². The third kappa shape index (κ3) is 7.08. The Balaban J connectivity index is 5.38. The van der Waals surface area contributed by atoms with E-state index in [-0.39, 0.29) is 0 Å². The lowest BCUT2D eigenvalue weighted by Gasteiger charge is -2.38. The standard InChI is InChI=1S/C12H28O4Si4/c1-10-17(4,5)14-20(13,15-18(6,7)11-2)16-19(8,9)12-3/h10-13H,1-3H2,4-9H3. The van der Waals surface area contributed by atoms with Gasteiger partial charge in [0.15, 0.2) is 0 Å². The Hall–Kier alpha value is -0.0725. The van der Waals surface area contributed by atoms with Crippen LogP contribution in [0.1, 0.15) is 0 Å². The second-order valence-corrected chi connectivity index (χ2v) is 20.6. The first-order valence-corrected chi connectivity index (χ1v) is 17.2. The monoisotopic (exact) mass is 348 g/mol. The largest absolute Gasteiger partial charge is 0.645 e. The van der Waals surface area contributed by atoms with Crippen LogP contribution in [0.4, 0.5) is 0 Å². The second kappa shape index (κ2) is 6.79. The number of rotatable bonds is 9. The molecule has 0 aliphatic carbocycles. The minimum Gasteiger partial charge on any atom is -0.391 e. The molecule has 1 N–H and O–H groups in total. The van der Waals surface area contributed by atoms with Crippen LogP contribution in [-0.2, 0) is 12.3 Å². The van der Waals surface area contributed by atoms with Crippen molar-refractivity contribution in [1.82, 2.24) is 0 Å². The van der Waals surface area contributed by atoms with Gasteiger partial charge in [-0.15, -0.1) is 19.7 Å². The first-order chi connectivity index (χ1) is 8.80. The molecule has 0 bridgehead atoms. The third-order valence-corrected chi connectivity index (χ3v) is 15.0. The molecule has 0 fully saturated rings. The van der Waals surface area contributed by atoms with Crippen molar-refractivity contribution in [3.05, 3.63) is 36.8 Å². The average Bonchev–Trinajstić information content (AvgIpc) is 2.26. The Morgan fingerprint density at radius 3 is 1.00 bits per heavy atom. The van der Waals surface area contributed by atoms with Gasteiger partial charge < -0.3 is 17.1 Å². The molecule has 0 saturated carbocycles. The Bertz CT molecular complexity index is 325. The lowest BCUT2D eigenvalue weighted by atomic mass is 11.3. The van der Waals surface area contributed by atoms with Gasteiger partial charge in [0.25, 0.3) is 0 Å². The summed E-state index contributed by atoms with van der Waals surface area (Å²) in [7, 11) is -10.5. The van der Waals surface area contributed by atoms with Gasteiger partial charge in [0.1, 0.15) is 0 Å². The molecule has 8 heteroatoms. The van der Waals surface area contributed by atoms with Crippen LogP contribution in [0.25, 0.3) is 0 Å². The quantitative estimate of drug-likeness (QED) is 0.650. The first kappa shape index (κ1) is 19.9. The Labute approximate surface area is 127 Å². The van der Waals surface area contributed by atoms with Crippen LogP contribution >= 0.6 is 0 Å². The van der Waals surface area contributed by atoms with Gasteiger partial charge in [0.2, 0.25) is 25.0 Å². The van der Waals surface area contributed by atoms with Gasteiger partial charge in [0, 0.05) is 0 Å². The van der Waals surface area contributed by atoms with Crippen molar-refractivity contribution in [1.29, 1.82) is 0 Å².